The summed E-state index contributed by atoms with van der Waals surface area (Å²) in [5.41, 5.74) is 4.47. The number of anilines is 2. The fraction of sp³-hybridized carbons (Fsp3) is 0.194. The highest BCUT2D eigenvalue weighted by Gasteiger charge is 2.36. The molecule has 3 aromatic carbocycles. The van der Waals surface area contributed by atoms with Gasteiger partial charge in [-0.15, -0.1) is 0 Å². The number of ether oxygens (including phenoxy) is 1. The Morgan fingerprint density at radius 1 is 0.974 bits per heavy atom. The molecule has 0 aliphatic carbocycles. The quantitative estimate of drug-likeness (QED) is 0.304. The highest BCUT2D eigenvalue weighted by atomic mass is 32.2. The van der Waals surface area contributed by atoms with Crippen molar-refractivity contribution in [3.05, 3.63) is 112 Å². The first-order chi connectivity index (χ1) is 18.9. The lowest BCUT2D eigenvalue weighted by Gasteiger charge is -2.30. The Bertz CT molecular complexity index is 1470. The average Bonchev–Trinajstić information content (AvgIpc) is 2.92. The van der Waals surface area contributed by atoms with Crippen LogP contribution in [0.3, 0.4) is 0 Å². The second-order valence-electron chi connectivity index (χ2n) is 8.95. The summed E-state index contributed by atoms with van der Waals surface area (Å²) in [6.45, 7) is 6.08. The van der Waals surface area contributed by atoms with E-state index in [2.05, 4.69) is 22.0 Å². The van der Waals surface area contributed by atoms with Crippen molar-refractivity contribution in [2.45, 2.75) is 26.7 Å². The maximum atomic E-state index is 13.6. The third kappa shape index (κ3) is 6.70. The van der Waals surface area contributed by atoms with Gasteiger partial charge in [-0.25, -0.2) is 0 Å². The molecule has 0 unspecified atom stereocenters. The predicted octanol–water partition coefficient (Wildman–Crippen LogP) is 6.10. The van der Waals surface area contributed by atoms with Crippen molar-refractivity contribution in [1.29, 1.82) is 5.26 Å². The van der Waals surface area contributed by atoms with E-state index < -0.39 is 5.92 Å². The normalized spacial score (nSPS) is 14.8. The molecule has 0 saturated heterocycles. The molecule has 0 bridgehead atoms. The predicted molar refractivity (Wildman–Crippen MR) is 156 cm³/mol. The second-order valence-corrected chi connectivity index (χ2v) is 9.93. The van der Waals surface area contributed by atoms with E-state index >= 15 is 0 Å². The van der Waals surface area contributed by atoms with E-state index in [0.29, 0.717) is 51.2 Å². The molecule has 4 rings (SSSR count). The molecule has 1 aliphatic rings. The number of allylic oxidation sites excluding steroid dienone is 2. The van der Waals surface area contributed by atoms with Crippen molar-refractivity contribution in [2.75, 3.05) is 23.0 Å². The zero-order valence-corrected chi connectivity index (χ0v) is 22.9. The zero-order valence-electron chi connectivity index (χ0n) is 22.1. The van der Waals surface area contributed by atoms with Gasteiger partial charge in [0.15, 0.2) is 0 Å². The third-order valence-electron chi connectivity index (χ3n) is 6.10. The van der Waals surface area contributed by atoms with Gasteiger partial charge < -0.3 is 20.7 Å². The number of benzene rings is 3. The van der Waals surface area contributed by atoms with Crippen molar-refractivity contribution in [3.63, 3.8) is 0 Å². The molecular formula is C31H30N4O3S. The Morgan fingerprint density at radius 2 is 1.69 bits per heavy atom. The summed E-state index contributed by atoms with van der Waals surface area (Å²) in [4.78, 5) is 26.4. The van der Waals surface area contributed by atoms with Gasteiger partial charge in [0.1, 0.15) is 5.75 Å². The van der Waals surface area contributed by atoms with Crippen LogP contribution in [-0.4, -0.2) is 24.2 Å². The first-order valence-electron chi connectivity index (χ1n) is 12.6. The minimum Gasteiger partial charge on any atom is -0.494 e. The molecule has 39 heavy (non-hydrogen) atoms. The molecule has 0 spiro atoms. The number of amides is 2. The maximum Gasteiger partial charge on any atom is 0.254 e. The number of thioether (sulfide) groups is 1. The van der Waals surface area contributed by atoms with Crippen LogP contribution in [0.4, 0.5) is 11.4 Å². The summed E-state index contributed by atoms with van der Waals surface area (Å²) in [6, 6.07) is 26.5. The van der Waals surface area contributed by atoms with E-state index in [1.165, 1.54) is 11.8 Å². The lowest BCUT2D eigenvalue weighted by Crippen LogP contribution is -2.31. The summed E-state index contributed by atoms with van der Waals surface area (Å²) in [5.74, 6) is -0.529. The molecule has 0 saturated carbocycles. The fourth-order valence-corrected chi connectivity index (χ4v) is 5.31. The zero-order chi connectivity index (χ0) is 27.8. The molecule has 3 aromatic rings. The van der Waals surface area contributed by atoms with Crippen LogP contribution in [0.1, 0.15) is 30.9 Å². The molecule has 7 nitrogen and oxygen atoms in total. The summed E-state index contributed by atoms with van der Waals surface area (Å²) >= 11 is 1.23. The van der Waals surface area contributed by atoms with Crippen molar-refractivity contribution >= 4 is 35.0 Å². The fourth-order valence-electron chi connectivity index (χ4n) is 4.42. The van der Waals surface area contributed by atoms with Crippen molar-refractivity contribution in [3.8, 4) is 11.8 Å². The van der Waals surface area contributed by atoms with Crippen molar-refractivity contribution < 1.29 is 14.3 Å². The molecule has 1 aliphatic heterocycles. The summed E-state index contributed by atoms with van der Waals surface area (Å²) in [6.07, 6.45) is 0. The highest BCUT2D eigenvalue weighted by Crippen LogP contribution is 2.44. The molecule has 1 heterocycles. The van der Waals surface area contributed by atoms with Crippen LogP contribution in [0, 0.1) is 18.3 Å². The molecule has 1 atom stereocenters. The Balaban J connectivity index is 1.68. The van der Waals surface area contributed by atoms with Gasteiger partial charge in [-0.05, 0) is 56.7 Å². The summed E-state index contributed by atoms with van der Waals surface area (Å²) in [5, 5.41) is 20.0. The molecule has 8 heteroatoms. The van der Waals surface area contributed by atoms with Crippen LogP contribution in [0.5, 0.6) is 5.75 Å². The van der Waals surface area contributed by atoms with Gasteiger partial charge >= 0.3 is 0 Å². The van der Waals surface area contributed by atoms with Crippen LogP contribution in [0.25, 0.3) is 0 Å². The number of carbonyl (C=O) groups excluding carboxylic acids is 2. The lowest BCUT2D eigenvalue weighted by molar-refractivity contribution is -0.114. The number of aryl methyl sites for hydroxylation is 1. The van der Waals surface area contributed by atoms with E-state index in [-0.39, 0.29) is 17.6 Å². The molecule has 0 aromatic heterocycles. The third-order valence-corrected chi connectivity index (χ3v) is 7.12. The Morgan fingerprint density at radius 3 is 2.41 bits per heavy atom. The highest BCUT2D eigenvalue weighted by molar-refractivity contribution is 8.03. The largest absolute Gasteiger partial charge is 0.494 e. The molecular weight excluding hydrogens is 508 g/mol. The number of hydrogen-bond donors (Lipinski definition) is 3. The topological polar surface area (TPSA) is 103 Å². The van der Waals surface area contributed by atoms with E-state index in [0.717, 1.165) is 5.56 Å². The minimum absolute atomic E-state index is 0.0834. The van der Waals surface area contributed by atoms with Gasteiger partial charge in [-0.1, -0.05) is 60.3 Å². The average molecular weight is 539 g/mol. The second kappa shape index (κ2) is 12.9. The van der Waals surface area contributed by atoms with Gasteiger partial charge in [-0.2, -0.15) is 5.26 Å². The van der Waals surface area contributed by atoms with Gasteiger partial charge in [0.2, 0.25) is 5.91 Å². The van der Waals surface area contributed by atoms with Crippen LogP contribution in [-0.2, 0) is 9.59 Å². The van der Waals surface area contributed by atoms with E-state index in [1.54, 1.807) is 6.92 Å². The number of rotatable bonds is 9. The number of nitrogens with one attached hydrogen (secondary N) is 3. The summed E-state index contributed by atoms with van der Waals surface area (Å²) in [7, 11) is 0. The number of carbonyl (C=O) groups is 2. The van der Waals surface area contributed by atoms with Crippen LogP contribution >= 0.6 is 11.8 Å². The number of nitriles is 1. The first-order valence-corrected chi connectivity index (χ1v) is 13.6. The number of dihydropyridines is 1. The van der Waals surface area contributed by atoms with E-state index in [1.807, 2.05) is 92.7 Å². The van der Waals surface area contributed by atoms with Crippen molar-refractivity contribution in [2.24, 2.45) is 0 Å². The monoisotopic (exact) mass is 538 g/mol. The number of nitrogens with zero attached hydrogens (tertiary/aromatic N) is 1. The molecule has 3 N–H and O–H groups in total. The van der Waals surface area contributed by atoms with Crippen molar-refractivity contribution in [1.82, 2.24) is 5.32 Å². The standard InChI is InChI=1S/C31H30N4O3S/c1-4-38-26-16-9-8-15-24(26)29-25(18-32)31(39-19-27(36)34-23-14-10-11-20(2)17-23)33-21(3)28(29)30(37)35-22-12-6-5-7-13-22/h5-17,29,33H,4,19H2,1-3H3,(H,34,36)(H,35,37)/t29-/m0/s1. The van der Waals surface area contributed by atoms with E-state index in [4.69, 9.17) is 4.74 Å². The Labute approximate surface area is 233 Å². The summed E-state index contributed by atoms with van der Waals surface area (Å²) < 4.78 is 5.90. The number of para-hydroxylation sites is 2. The molecule has 0 radical (unpaired) electrons. The minimum atomic E-state index is -0.690. The SMILES string of the molecule is CCOc1ccccc1[C@H]1C(C#N)=C(SCC(=O)Nc2cccc(C)c2)NC(C)=C1C(=O)Nc1ccccc1. The smallest absolute Gasteiger partial charge is 0.254 e. The van der Waals surface area contributed by atoms with Crippen LogP contribution in [0.2, 0.25) is 0 Å². The van der Waals surface area contributed by atoms with Gasteiger partial charge in [0.05, 0.1) is 34.9 Å². The molecule has 198 valence electrons. The Hall–Kier alpha value is -4.48. The van der Waals surface area contributed by atoms with Crippen LogP contribution < -0.4 is 20.7 Å². The number of hydrogen-bond acceptors (Lipinski definition) is 6. The van der Waals surface area contributed by atoms with Crippen LogP contribution in [0.15, 0.2) is 101 Å². The molecule has 2 amide bonds. The van der Waals surface area contributed by atoms with Gasteiger partial charge in [0, 0.05) is 28.2 Å². The molecule has 0 fully saturated rings. The first kappa shape index (κ1) is 27.6. The Kier molecular flexibility index (Phi) is 9.08. The lowest BCUT2D eigenvalue weighted by atomic mass is 9.81. The van der Waals surface area contributed by atoms with Gasteiger partial charge in [-0.3, -0.25) is 9.59 Å². The van der Waals surface area contributed by atoms with Gasteiger partial charge in [0.25, 0.3) is 5.91 Å². The maximum absolute atomic E-state index is 13.6. The van der Waals surface area contributed by atoms with E-state index in [9.17, 15) is 14.9 Å².